The van der Waals surface area contributed by atoms with E-state index in [-0.39, 0.29) is 28.8 Å². The minimum atomic E-state index is -0.226. The van der Waals surface area contributed by atoms with Gasteiger partial charge in [-0.3, -0.25) is 9.59 Å². The first-order valence-electron chi connectivity index (χ1n) is 8.65. The summed E-state index contributed by atoms with van der Waals surface area (Å²) in [5.74, 6) is 0.799. The average molecular weight is 307 g/mol. The molecule has 5 heteroatoms. The van der Waals surface area contributed by atoms with Gasteiger partial charge in [0.15, 0.2) is 0 Å². The highest BCUT2D eigenvalue weighted by Gasteiger charge is 2.50. The Morgan fingerprint density at radius 1 is 1.36 bits per heavy atom. The number of amides is 2. The number of carbonyl (C=O) groups is 2. The molecule has 3 aliphatic rings. The van der Waals surface area contributed by atoms with Crippen molar-refractivity contribution in [2.45, 2.75) is 64.5 Å². The van der Waals surface area contributed by atoms with Crippen molar-refractivity contribution >= 4 is 11.8 Å². The van der Waals surface area contributed by atoms with Crippen LogP contribution >= 0.6 is 0 Å². The van der Waals surface area contributed by atoms with Gasteiger partial charge < -0.3 is 15.5 Å². The topological polar surface area (TPSA) is 61.4 Å². The standard InChI is InChI=1S/C17H29N3O2/c1-16(2,3)20-10-13(8-14(20)21)19-15(22)17-7-5-4-6-12(17)9-18-11-17/h12-13,18H,4-11H2,1-3H3,(H,19,22)/t12-,13?,17+/m0/s1. The number of fused-ring (bicyclic) bond motifs is 1. The summed E-state index contributed by atoms with van der Waals surface area (Å²) >= 11 is 0. The Morgan fingerprint density at radius 2 is 2.14 bits per heavy atom. The van der Waals surface area contributed by atoms with Gasteiger partial charge in [-0.05, 0) is 46.1 Å². The van der Waals surface area contributed by atoms with E-state index in [1.54, 1.807) is 0 Å². The first-order chi connectivity index (χ1) is 10.3. The number of nitrogens with zero attached hydrogens (tertiary/aromatic N) is 1. The average Bonchev–Trinajstić information content (AvgIpc) is 3.02. The van der Waals surface area contributed by atoms with Crippen LogP contribution in [0.4, 0.5) is 0 Å². The summed E-state index contributed by atoms with van der Waals surface area (Å²) in [5, 5.41) is 6.62. The largest absolute Gasteiger partial charge is 0.351 e. The van der Waals surface area contributed by atoms with Crippen LogP contribution in [0, 0.1) is 11.3 Å². The Bertz CT molecular complexity index is 471. The van der Waals surface area contributed by atoms with Crippen molar-refractivity contribution in [3.05, 3.63) is 0 Å². The molecule has 0 radical (unpaired) electrons. The summed E-state index contributed by atoms with van der Waals surface area (Å²) in [7, 11) is 0. The first kappa shape index (κ1) is 15.8. The molecule has 0 bridgehead atoms. The fraction of sp³-hybridized carbons (Fsp3) is 0.882. The summed E-state index contributed by atoms with van der Waals surface area (Å²) in [6, 6.07) is -0.0308. The van der Waals surface area contributed by atoms with E-state index >= 15 is 0 Å². The summed E-state index contributed by atoms with van der Waals surface area (Å²) in [6.45, 7) is 8.55. The molecule has 0 aromatic rings. The number of likely N-dealkylation sites (tertiary alicyclic amines) is 1. The molecule has 3 rings (SSSR count). The quantitative estimate of drug-likeness (QED) is 0.808. The van der Waals surface area contributed by atoms with Crippen LogP contribution in [-0.2, 0) is 9.59 Å². The smallest absolute Gasteiger partial charge is 0.228 e. The van der Waals surface area contributed by atoms with Gasteiger partial charge in [-0.15, -0.1) is 0 Å². The normalized spacial score (nSPS) is 35.6. The second kappa shape index (κ2) is 5.52. The van der Waals surface area contributed by atoms with E-state index in [0.717, 1.165) is 32.4 Å². The van der Waals surface area contributed by atoms with Crippen molar-refractivity contribution in [3.8, 4) is 0 Å². The maximum absolute atomic E-state index is 12.9. The zero-order valence-corrected chi connectivity index (χ0v) is 14.1. The van der Waals surface area contributed by atoms with Crippen molar-refractivity contribution < 1.29 is 9.59 Å². The van der Waals surface area contributed by atoms with E-state index in [0.29, 0.717) is 18.9 Å². The summed E-state index contributed by atoms with van der Waals surface area (Å²) in [5.41, 5.74) is -0.395. The third-order valence-electron chi connectivity index (χ3n) is 5.76. The van der Waals surface area contributed by atoms with E-state index in [2.05, 4.69) is 10.6 Å². The minimum Gasteiger partial charge on any atom is -0.351 e. The first-order valence-corrected chi connectivity index (χ1v) is 8.65. The van der Waals surface area contributed by atoms with E-state index < -0.39 is 0 Å². The molecule has 0 spiro atoms. The summed E-state index contributed by atoms with van der Waals surface area (Å²) < 4.78 is 0. The van der Waals surface area contributed by atoms with Crippen molar-refractivity contribution in [3.63, 3.8) is 0 Å². The van der Waals surface area contributed by atoms with Crippen molar-refractivity contribution in [2.24, 2.45) is 11.3 Å². The molecular formula is C17H29N3O2. The van der Waals surface area contributed by atoms with Crippen LogP contribution in [-0.4, -0.2) is 47.9 Å². The maximum atomic E-state index is 12.9. The van der Waals surface area contributed by atoms with Gasteiger partial charge in [0, 0.05) is 25.0 Å². The molecule has 22 heavy (non-hydrogen) atoms. The molecule has 2 heterocycles. The summed E-state index contributed by atoms with van der Waals surface area (Å²) in [6.07, 6.45) is 4.96. The van der Waals surface area contributed by atoms with Gasteiger partial charge in [-0.1, -0.05) is 12.8 Å². The zero-order chi connectivity index (χ0) is 16.0. The number of hydrogen-bond acceptors (Lipinski definition) is 3. The lowest BCUT2D eigenvalue weighted by atomic mass is 9.67. The molecule has 2 saturated heterocycles. The monoisotopic (exact) mass is 307 g/mol. The summed E-state index contributed by atoms with van der Waals surface area (Å²) in [4.78, 5) is 27.0. The lowest BCUT2D eigenvalue weighted by Gasteiger charge is -2.38. The Hall–Kier alpha value is -1.10. The van der Waals surface area contributed by atoms with Crippen molar-refractivity contribution in [1.82, 2.24) is 15.5 Å². The minimum absolute atomic E-state index is 0.0308. The van der Waals surface area contributed by atoms with Crippen molar-refractivity contribution in [2.75, 3.05) is 19.6 Å². The molecule has 0 aromatic carbocycles. The molecule has 1 aliphatic carbocycles. The highest BCUT2D eigenvalue weighted by Crippen LogP contribution is 2.44. The van der Waals surface area contributed by atoms with Crippen LogP contribution in [0.15, 0.2) is 0 Å². The molecule has 0 aromatic heterocycles. The van der Waals surface area contributed by atoms with Crippen LogP contribution in [0.2, 0.25) is 0 Å². The molecule has 1 saturated carbocycles. The van der Waals surface area contributed by atoms with E-state index in [1.807, 2.05) is 25.7 Å². The number of carbonyl (C=O) groups excluding carboxylic acids is 2. The molecule has 1 unspecified atom stereocenters. The van der Waals surface area contributed by atoms with E-state index in [4.69, 9.17) is 0 Å². The Balaban J connectivity index is 1.66. The maximum Gasteiger partial charge on any atom is 0.228 e. The molecule has 2 aliphatic heterocycles. The van der Waals surface area contributed by atoms with Crippen LogP contribution in [0.25, 0.3) is 0 Å². The zero-order valence-electron chi connectivity index (χ0n) is 14.1. The fourth-order valence-electron chi connectivity index (χ4n) is 4.47. The van der Waals surface area contributed by atoms with Gasteiger partial charge in [0.25, 0.3) is 0 Å². The highest BCUT2D eigenvalue weighted by molar-refractivity contribution is 5.86. The lowest BCUT2D eigenvalue weighted by molar-refractivity contribution is -0.134. The second-order valence-electron chi connectivity index (χ2n) is 8.28. The Labute approximate surface area is 133 Å². The molecule has 5 nitrogen and oxygen atoms in total. The molecule has 2 N–H and O–H groups in total. The van der Waals surface area contributed by atoms with Gasteiger partial charge in [0.2, 0.25) is 11.8 Å². The van der Waals surface area contributed by atoms with Gasteiger partial charge in [-0.25, -0.2) is 0 Å². The molecule has 124 valence electrons. The predicted molar refractivity (Wildman–Crippen MR) is 85.3 cm³/mol. The van der Waals surface area contributed by atoms with E-state index in [1.165, 1.54) is 6.42 Å². The lowest BCUT2D eigenvalue weighted by Crippen LogP contribution is -2.52. The third kappa shape index (κ3) is 2.64. The Kier molecular flexibility index (Phi) is 3.96. The van der Waals surface area contributed by atoms with Crippen LogP contribution in [0.1, 0.15) is 52.9 Å². The van der Waals surface area contributed by atoms with Gasteiger partial charge in [0.1, 0.15) is 0 Å². The predicted octanol–water partition coefficient (Wildman–Crippen LogP) is 1.28. The Morgan fingerprint density at radius 3 is 2.82 bits per heavy atom. The third-order valence-corrected chi connectivity index (χ3v) is 5.76. The highest BCUT2D eigenvalue weighted by atomic mass is 16.2. The van der Waals surface area contributed by atoms with Gasteiger partial charge in [-0.2, -0.15) is 0 Å². The second-order valence-corrected chi connectivity index (χ2v) is 8.28. The fourth-order valence-corrected chi connectivity index (χ4v) is 4.47. The van der Waals surface area contributed by atoms with Crippen LogP contribution in [0.3, 0.4) is 0 Å². The number of hydrogen-bond donors (Lipinski definition) is 2. The van der Waals surface area contributed by atoms with Crippen LogP contribution < -0.4 is 10.6 Å². The molecule has 3 fully saturated rings. The van der Waals surface area contributed by atoms with Crippen LogP contribution in [0.5, 0.6) is 0 Å². The SMILES string of the molecule is CC(C)(C)N1CC(NC(=O)[C@@]23CCCC[C@H]2CNC3)CC1=O. The van der Waals surface area contributed by atoms with E-state index in [9.17, 15) is 9.59 Å². The van der Waals surface area contributed by atoms with Gasteiger partial charge in [0.05, 0.1) is 11.5 Å². The van der Waals surface area contributed by atoms with Gasteiger partial charge >= 0.3 is 0 Å². The number of rotatable bonds is 2. The molecule has 3 atom stereocenters. The molecular weight excluding hydrogens is 278 g/mol. The number of nitrogens with one attached hydrogen (secondary N) is 2. The molecule has 2 amide bonds. The van der Waals surface area contributed by atoms with Crippen molar-refractivity contribution in [1.29, 1.82) is 0 Å².